The van der Waals surface area contributed by atoms with Crippen LogP contribution in [0.5, 0.6) is 0 Å². The SMILES string of the molecule is NCc1ccc(C(F)(F)F)c(Cl)c1N. The van der Waals surface area contributed by atoms with Gasteiger partial charge < -0.3 is 11.5 Å². The number of halogens is 4. The molecule has 0 amide bonds. The second-order valence-electron chi connectivity index (χ2n) is 2.70. The van der Waals surface area contributed by atoms with Crippen LogP contribution in [0.25, 0.3) is 0 Å². The fraction of sp³-hybridized carbons (Fsp3) is 0.250. The second kappa shape index (κ2) is 3.67. The average molecular weight is 225 g/mol. The van der Waals surface area contributed by atoms with Crippen LogP contribution in [0.4, 0.5) is 18.9 Å². The zero-order valence-corrected chi connectivity index (χ0v) is 7.78. The normalized spacial score (nSPS) is 11.8. The summed E-state index contributed by atoms with van der Waals surface area (Å²) in [5.41, 5.74) is 10.00. The first-order valence-corrected chi connectivity index (χ1v) is 4.10. The number of hydrogen-bond donors (Lipinski definition) is 2. The highest BCUT2D eigenvalue weighted by Crippen LogP contribution is 2.38. The fourth-order valence-electron chi connectivity index (χ4n) is 1.03. The smallest absolute Gasteiger partial charge is 0.397 e. The van der Waals surface area contributed by atoms with Gasteiger partial charge in [-0.25, -0.2) is 0 Å². The van der Waals surface area contributed by atoms with Crippen LogP contribution in [0.1, 0.15) is 11.1 Å². The Balaban J connectivity index is 3.31. The molecule has 0 spiro atoms. The van der Waals surface area contributed by atoms with Crippen LogP contribution >= 0.6 is 11.6 Å². The van der Waals surface area contributed by atoms with Gasteiger partial charge in [0.05, 0.1) is 16.3 Å². The molecule has 0 unspecified atom stereocenters. The van der Waals surface area contributed by atoms with Gasteiger partial charge in [0.2, 0.25) is 0 Å². The van der Waals surface area contributed by atoms with Gasteiger partial charge in [-0.15, -0.1) is 0 Å². The lowest BCUT2D eigenvalue weighted by molar-refractivity contribution is -0.137. The van der Waals surface area contributed by atoms with Crippen LogP contribution in [-0.4, -0.2) is 0 Å². The van der Waals surface area contributed by atoms with Gasteiger partial charge in [-0.2, -0.15) is 13.2 Å². The molecule has 0 saturated carbocycles. The number of benzene rings is 1. The Morgan fingerprint density at radius 3 is 2.29 bits per heavy atom. The molecule has 0 bridgehead atoms. The third-order valence-electron chi connectivity index (χ3n) is 1.80. The molecule has 2 nitrogen and oxygen atoms in total. The number of alkyl halides is 3. The number of nitrogens with two attached hydrogens (primary N) is 2. The van der Waals surface area contributed by atoms with E-state index in [9.17, 15) is 13.2 Å². The Morgan fingerprint density at radius 1 is 1.29 bits per heavy atom. The third-order valence-corrected chi connectivity index (χ3v) is 2.20. The monoisotopic (exact) mass is 224 g/mol. The first-order valence-electron chi connectivity index (χ1n) is 3.72. The minimum absolute atomic E-state index is 0.0592. The van der Waals surface area contributed by atoms with Gasteiger partial charge in [-0.1, -0.05) is 17.7 Å². The molecule has 6 heteroatoms. The summed E-state index contributed by atoms with van der Waals surface area (Å²) >= 11 is 5.46. The summed E-state index contributed by atoms with van der Waals surface area (Å²) in [5, 5.41) is -0.486. The van der Waals surface area contributed by atoms with E-state index < -0.39 is 16.8 Å². The fourth-order valence-corrected chi connectivity index (χ4v) is 1.32. The van der Waals surface area contributed by atoms with Crippen molar-refractivity contribution in [1.29, 1.82) is 0 Å². The zero-order valence-electron chi connectivity index (χ0n) is 7.03. The van der Waals surface area contributed by atoms with Gasteiger partial charge >= 0.3 is 6.18 Å². The summed E-state index contributed by atoms with van der Waals surface area (Å²) in [4.78, 5) is 0. The summed E-state index contributed by atoms with van der Waals surface area (Å²) in [6.45, 7) is 0.0592. The molecule has 1 rings (SSSR count). The Bertz CT molecular complexity index is 349. The molecule has 1 aromatic rings. The van der Waals surface area contributed by atoms with Crippen LogP contribution < -0.4 is 11.5 Å². The highest BCUT2D eigenvalue weighted by molar-refractivity contribution is 6.34. The van der Waals surface area contributed by atoms with Crippen LogP contribution in [0.2, 0.25) is 5.02 Å². The third kappa shape index (κ3) is 1.93. The van der Waals surface area contributed by atoms with E-state index in [-0.39, 0.29) is 12.2 Å². The molecule has 0 aliphatic rings. The number of rotatable bonds is 1. The standard InChI is InChI=1S/C8H8ClF3N2/c9-6-5(8(10,11)12)2-1-4(3-13)7(6)14/h1-2H,3,13-14H2. The molecule has 78 valence electrons. The average Bonchev–Trinajstić information content (AvgIpc) is 2.07. The highest BCUT2D eigenvalue weighted by Gasteiger charge is 2.34. The van der Waals surface area contributed by atoms with Crippen LogP contribution in [0.3, 0.4) is 0 Å². The zero-order chi connectivity index (χ0) is 10.9. The lowest BCUT2D eigenvalue weighted by atomic mass is 10.1. The summed E-state index contributed by atoms with van der Waals surface area (Å²) in [6, 6.07) is 2.10. The maximum atomic E-state index is 12.3. The van der Waals surface area contributed by atoms with Gasteiger partial charge in [0.25, 0.3) is 0 Å². The molecule has 0 aliphatic heterocycles. The molecule has 0 heterocycles. The topological polar surface area (TPSA) is 52.0 Å². The summed E-state index contributed by atoms with van der Waals surface area (Å²) in [6.07, 6.45) is -4.49. The van der Waals surface area contributed by atoms with Gasteiger partial charge in [0, 0.05) is 6.54 Å². The lowest BCUT2D eigenvalue weighted by Crippen LogP contribution is -2.10. The first-order chi connectivity index (χ1) is 6.38. The van der Waals surface area contributed by atoms with E-state index in [4.69, 9.17) is 23.1 Å². The Labute approximate surface area is 83.6 Å². The van der Waals surface area contributed by atoms with E-state index in [2.05, 4.69) is 0 Å². The van der Waals surface area contributed by atoms with E-state index in [0.29, 0.717) is 5.56 Å². The summed E-state index contributed by atoms with van der Waals surface area (Å²) < 4.78 is 36.9. The predicted octanol–water partition coefficient (Wildman–Crippen LogP) is 2.40. The minimum Gasteiger partial charge on any atom is -0.397 e. The quantitative estimate of drug-likeness (QED) is 0.720. The Hall–Kier alpha value is -0.940. The predicted molar refractivity (Wildman–Crippen MR) is 48.8 cm³/mol. The molecule has 0 radical (unpaired) electrons. The molecule has 0 saturated heterocycles. The number of anilines is 1. The maximum absolute atomic E-state index is 12.3. The van der Waals surface area contributed by atoms with Crippen LogP contribution in [-0.2, 0) is 12.7 Å². The van der Waals surface area contributed by atoms with E-state index in [1.54, 1.807) is 0 Å². The van der Waals surface area contributed by atoms with Crippen molar-refractivity contribution in [3.63, 3.8) is 0 Å². The lowest BCUT2D eigenvalue weighted by Gasteiger charge is -2.12. The Kier molecular flexibility index (Phi) is 2.92. The second-order valence-corrected chi connectivity index (χ2v) is 3.08. The van der Waals surface area contributed by atoms with E-state index in [1.807, 2.05) is 0 Å². The van der Waals surface area contributed by atoms with Crippen molar-refractivity contribution in [2.24, 2.45) is 5.73 Å². The van der Waals surface area contributed by atoms with Crippen molar-refractivity contribution in [2.45, 2.75) is 12.7 Å². The van der Waals surface area contributed by atoms with Crippen molar-refractivity contribution in [1.82, 2.24) is 0 Å². The molecule has 1 aromatic carbocycles. The summed E-state index contributed by atoms with van der Waals surface area (Å²) in [7, 11) is 0. The molecule has 0 atom stereocenters. The van der Waals surface area contributed by atoms with E-state index in [1.165, 1.54) is 6.07 Å². The molecule has 0 fully saturated rings. The van der Waals surface area contributed by atoms with Crippen LogP contribution in [0.15, 0.2) is 12.1 Å². The van der Waals surface area contributed by atoms with Crippen molar-refractivity contribution in [2.75, 3.05) is 5.73 Å². The van der Waals surface area contributed by atoms with E-state index in [0.717, 1.165) is 6.07 Å². The van der Waals surface area contributed by atoms with Gasteiger partial charge in [-0.05, 0) is 11.6 Å². The summed E-state index contributed by atoms with van der Waals surface area (Å²) in [5.74, 6) is 0. The molecular formula is C8H8ClF3N2. The maximum Gasteiger partial charge on any atom is 0.417 e. The minimum atomic E-state index is -4.49. The van der Waals surface area contributed by atoms with Crippen molar-refractivity contribution in [3.05, 3.63) is 28.3 Å². The molecular weight excluding hydrogens is 217 g/mol. The van der Waals surface area contributed by atoms with Crippen molar-refractivity contribution >= 4 is 17.3 Å². The van der Waals surface area contributed by atoms with Gasteiger partial charge in [0.15, 0.2) is 0 Å². The van der Waals surface area contributed by atoms with Crippen molar-refractivity contribution in [3.8, 4) is 0 Å². The largest absolute Gasteiger partial charge is 0.417 e. The molecule has 14 heavy (non-hydrogen) atoms. The molecule has 0 aliphatic carbocycles. The Morgan fingerprint density at radius 2 is 1.86 bits per heavy atom. The van der Waals surface area contributed by atoms with E-state index >= 15 is 0 Å². The van der Waals surface area contributed by atoms with Gasteiger partial charge in [0.1, 0.15) is 0 Å². The van der Waals surface area contributed by atoms with Crippen LogP contribution in [0, 0.1) is 0 Å². The first kappa shape index (κ1) is 11.1. The molecule has 4 N–H and O–H groups in total. The van der Waals surface area contributed by atoms with Crippen molar-refractivity contribution < 1.29 is 13.2 Å². The highest BCUT2D eigenvalue weighted by atomic mass is 35.5. The van der Waals surface area contributed by atoms with Gasteiger partial charge in [-0.3, -0.25) is 0 Å². The number of hydrogen-bond acceptors (Lipinski definition) is 2. The number of nitrogen functional groups attached to an aromatic ring is 1. The molecule has 0 aromatic heterocycles.